The number of carbonyl (C=O) groups excluding carboxylic acids is 1. The molecule has 0 N–H and O–H groups in total. The molecule has 8 heteroatoms. The van der Waals surface area contributed by atoms with Crippen molar-refractivity contribution in [2.45, 2.75) is 38.1 Å². The fourth-order valence-corrected chi connectivity index (χ4v) is 4.46. The summed E-state index contributed by atoms with van der Waals surface area (Å²) in [7, 11) is 2.18. The number of piperazine rings is 1. The molecule has 0 atom stereocenters. The molecule has 0 bridgehead atoms. The van der Waals surface area contributed by atoms with Crippen LogP contribution in [-0.4, -0.2) is 96.3 Å². The molecule has 0 radical (unpaired) electrons. The van der Waals surface area contributed by atoms with Crippen LogP contribution in [0.5, 0.6) is 0 Å². The van der Waals surface area contributed by atoms with E-state index in [9.17, 15) is 4.79 Å². The first-order valence-electron chi connectivity index (χ1n) is 11.8. The van der Waals surface area contributed by atoms with E-state index in [1.165, 1.54) is 0 Å². The Morgan fingerprint density at radius 1 is 1.12 bits per heavy atom. The summed E-state index contributed by atoms with van der Waals surface area (Å²) in [5, 5.41) is 4.07. The van der Waals surface area contributed by atoms with Gasteiger partial charge in [-0.15, -0.1) is 0 Å². The Morgan fingerprint density at radius 3 is 2.62 bits per heavy atom. The monoisotopic (exact) mass is 441 g/mol. The molecular weight excluding hydrogens is 406 g/mol. The number of carbonyl (C=O) groups is 1. The van der Waals surface area contributed by atoms with Gasteiger partial charge in [-0.2, -0.15) is 4.98 Å². The van der Waals surface area contributed by atoms with Crippen LogP contribution in [0.2, 0.25) is 0 Å². The van der Waals surface area contributed by atoms with Gasteiger partial charge in [0.05, 0.1) is 0 Å². The van der Waals surface area contributed by atoms with Crippen LogP contribution in [0.15, 0.2) is 34.9 Å². The summed E-state index contributed by atoms with van der Waals surface area (Å²) in [5.74, 6) is 1.26. The third kappa shape index (κ3) is 6.37. The molecule has 2 aliphatic rings. The third-order valence-corrected chi connectivity index (χ3v) is 6.47. The van der Waals surface area contributed by atoms with Crippen molar-refractivity contribution < 1.29 is 14.1 Å². The van der Waals surface area contributed by atoms with Crippen molar-refractivity contribution >= 4 is 5.91 Å². The average molecular weight is 442 g/mol. The number of benzene rings is 1. The lowest BCUT2D eigenvalue weighted by Gasteiger charge is -2.36. The van der Waals surface area contributed by atoms with Crippen LogP contribution in [0.4, 0.5) is 0 Å². The Labute approximate surface area is 190 Å². The maximum atomic E-state index is 13.2. The van der Waals surface area contributed by atoms with Gasteiger partial charge in [-0.25, -0.2) is 0 Å². The van der Waals surface area contributed by atoms with Crippen LogP contribution in [0, 0.1) is 0 Å². The quantitative estimate of drug-likeness (QED) is 0.591. The molecule has 0 unspecified atom stereocenters. The predicted octanol–water partition coefficient (Wildman–Crippen LogP) is 2.31. The average Bonchev–Trinajstić information content (AvgIpc) is 3.32. The van der Waals surface area contributed by atoms with Crippen LogP contribution in [0.25, 0.3) is 11.4 Å². The molecule has 2 saturated heterocycles. The number of ether oxygens (including phenoxy) is 1. The lowest BCUT2D eigenvalue weighted by Crippen LogP contribution is -2.47. The number of hydrogen-bond acceptors (Lipinski definition) is 7. The number of hydrogen-bond donors (Lipinski definition) is 0. The summed E-state index contributed by atoms with van der Waals surface area (Å²) in [6, 6.07) is 10.0. The number of rotatable bonds is 9. The number of nitrogens with zero attached hydrogens (tertiary/aromatic N) is 5. The van der Waals surface area contributed by atoms with E-state index in [0.717, 1.165) is 77.3 Å². The molecule has 1 amide bonds. The van der Waals surface area contributed by atoms with Gasteiger partial charge in [-0.1, -0.05) is 35.5 Å². The van der Waals surface area contributed by atoms with Gasteiger partial charge >= 0.3 is 0 Å². The summed E-state index contributed by atoms with van der Waals surface area (Å²) in [5.41, 5.74) is 0.918. The molecular formula is C24H35N5O3. The van der Waals surface area contributed by atoms with Gasteiger partial charge in [0.2, 0.25) is 17.6 Å². The van der Waals surface area contributed by atoms with Crippen LogP contribution in [-0.2, 0) is 16.0 Å². The smallest absolute Gasteiger partial charge is 0.227 e. The summed E-state index contributed by atoms with van der Waals surface area (Å²) < 4.78 is 10.9. The van der Waals surface area contributed by atoms with Crippen molar-refractivity contribution in [2.24, 2.45) is 0 Å². The molecule has 1 aromatic heterocycles. The fraction of sp³-hybridized carbons (Fsp3) is 0.625. The van der Waals surface area contributed by atoms with Gasteiger partial charge in [0.15, 0.2) is 0 Å². The molecule has 0 spiro atoms. The van der Waals surface area contributed by atoms with Crippen LogP contribution in [0.1, 0.15) is 31.6 Å². The highest BCUT2D eigenvalue weighted by Crippen LogP contribution is 2.19. The highest BCUT2D eigenvalue weighted by molar-refractivity contribution is 5.76. The van der Waals surface area contributed by atoms with Crippen molar-refractivity contribution in [3.8, 4) is 11.4 Å². The number of aromatic nitrogens is 2. The first-order valence-corrected chi connectivity index (χ1v) is 11.8. The Morgan fingerprint density at radius 2 is 1.88 bits per heavy atom. The maximum Gasteiger partial charge on any atom is 0.227 e. The SMILES string of the molecule is CN1CCN(CCCN(C(=O)CCc2nc(-c3ccccc3)no2)C2CCOCC2)CC1. The van der Waals surface area contributed by atoms with E-state index in [-0.39, 0.29) is 11.9 Å². The maximum absolute atomic E-state index is 13.2. The third-order valence-electron chi connectivity index (χ3n) is 6.47. The fourth-order valence-electron chi connectivity index (χ4n) is 4.46. The van der Waals surface area contributed by atoms with Gasteiger partial charge in [-0.05, 0) is 32.9 Å². The molecule has 2 aromatic rings. The minimum atomic E-state index is 0.176. The molecule has 4 rings (SSSR count). The summed E-state index contributed by atoms with van der Waals surface area (Å²) in [6.07, 6.45) is 3.70. The van der Waals surface area contributed by atoms with Crippen LogP contribution in [0.3, 0.4) is 0 Å². The largest absolute Gasteiger partial charge is 0.381 e. The lowest BCUT2D eigenvalue weighted by molar-refractivity contribution is -0.135. The highest BCUT2D eigenvalue weighted by Gasteiger charge is 2.26. The van der Waals surface area contributed by atoms with Gasteiger partial charge in [0.1, 0.15) is 0 Å². The van der Waals surface area contributed by atoms with Gasteiger partial charge in [0, 0.05) is 70.4 Å². The minimum absolute atomic E-state index is 0.176. The van der Waals surface area contributed by atoms with E-state index in [0.29, 0.717) is 24.6 Å². The van der Waals surface area contributed by atoms with E-state index in [1.54, 1.807) is 0 Å². The molecule has 0 aliphatic carbocycles. The van der Waals surface area contributed by atoms with Crippen molar-refractivity contribution in [3.05, 3.63) is 36.2 Å². The highest BCUT2D eigenvalue weighted by atomic mass is 16.5. The predicted molar refractivity (Wildman–Crippen MR) is 122 cm³/mol. The lowest BCUT2D eigenvalue weighted by atomic mass is 10.1. The van der Waals surface area contributed by atoms with E-state index < -0.39 is 0 Å². The number of aryl methyl sites for hydroxylation is 1. The van der Waals surface area contributed by atoms with Gasteiger partial charge in [-0.3, -0.25) is 4.79 Å². The van der Waals surface area contributed by atoms with E-state index in [2.05, 4.69) is 31.9 Å². The first-order chi connectivity index (χ1) is 15.7. The first kappa shape index (κ1) is 22.9. The molecule has 0 saturated carbocycles. The van der Waals surface area contributed by atoms with E-state index >= 15 is 0 Å². The molecule has 2 aliphatic heterocycles. The van der Waals surface area contributed by atoms with Crippen LogP contribution >= 0.6 is 0 Å². The van der Waals surface area contributed by atoms with Crippen LogP contribution < -0.4 is 0 Å². The number of likely N-dealkylation sites (N-methyl/N-ethyl adjacent to an activating group) is 1. The zero-order valence-corrected chi connectivity index (χ0v) is 19.1. The topological polar surface area (TPSA) is 74.9 Å². The Balaban J connectivity index is 1.30. The molecule has 174 valence electrons. The molecule has 32 heavy (non-hydrogen) atoms. The second-order valence-electron chi connectivity index (χ2n) is 8.81. The second kappa shape index (κ2) is 11.5. The van der Waals surface area contributed by atoms with Crippen molar-refractivity contribution in [2.75, 3.05) is 59.5 Å². The number of amides is 1. The van der Waals surface area contributed by atoms with E-state index in [4.69, 9.17) is 9.26 Å². The van der Waals surface area contributed by atoms with Crippen molar-refractivity contribution in [1.82, 2.24) is 24.8 Å². The Hall–Kier alpha value is -2.29. The van der Waals surface area contributed by atoms with Crippen molar-refractivity contribution in [3.63, 3.8) is 0 Å². The standard InChI is InChI=1S/C24H35N5O3/c1-27-14-16-28(17-15-27)12-5-13-29(21-10-18-31-19-11-21)23(30)9-8-22-25-24(26-32-22)20-6-3-2-4-7-20/h2-4,6-7,21H,5,8-19H2,1H3. The Bertz CT molecular complexity index is 829. The zero-order chi connectivity index (χ0) is 22.2. The zero-order valence-electron chi connectivity index (χ0n) is 19.1. The summed E-state index contributed by atoms with van der Waals surface area (Å²) in [4.78, 5) is 24.6. The summed E-state index contributed by atoms with van der Waals surface area (Å²) >= 11 is 0. The molecule has 1 aromatic carbocycles. The second-order valence-corrected chi connectivity index (χ2v) is 8.81. The minimum Gasteiger partial charge on any atom is -0.381 e. The van der Waals surface area contributed by atoms with Gasteiger partial charge < -0.3 is 24.0 Å². The molecule has 2 fully saturated rings. The molecule has 3 heterocycles. The molecule has 8 nitrogen and oxygen atoms in total. The Kier molecular flexibility index (Phi) is 8.25. The van der Waals surface area contributed by atoms with Crippen molar-refractivity contribution in [1.29, 1.82) is 0 Å². The van der Waals surface area contributed by atoms with E-state index in [1.807, 2.05) is 30.3 Å². The van der Waals surface area contributed by atoms with Gasteiger partial charge in [0.25, 0.3) is 0 Å². The normalized spacial score (nSPS) is 18.7. The summed E-state index contributed by atoms with van der Waals surface area (Å²) in [6.45, 7) is 7.79.